The normalized spacial score (nSPS) is 21.3. The summed E-state index contributed by atoms with van der Waals surface area (Å²) in [6, 6.07) is 4.70. The summed E-state index contributed by atoms with van der Waals surface area (Å²) >= 11 is 0. The lowest BCUT2D eigenvalue weighted by Gasteiger charge is -2.15. The van der Waals surface area contributed by atoms with Crippen LogP contribution in [0.3, 0.4) is 0 Å². The average Bonchev–Trinajstić information content (AvgIpc) is 2.84. The molecule has 23 heavy (non-hydrogen) atoms. The Bertz CT molecular complexity index is 671. The number of nitrogens with one attached hydrogen (secondary N) is 1. The molecule has 6 nitrogen and oxygen atoms in total. The zero-order chi connectivity index (χ0) is 17.0. The molecule has 0 aromatic heterocycles. The van der Waals surface area contributed by atoms with Gasteiger partial charge in [-0.15, -0.1) is 0 Å². The highest BCUT2D eigenvalue weighted by Gasteiger charge is 2.30. The first-order valence-electron chi connectivity index (χ1n) is 7.79. The van der Waals surface area contributed by atoms with Crippen molar-refractivity contribution in [1.29, 1.82) is 0 Å². The molecule has 1 saturated carbocycles. The maximum Gasteiger partial charge on any atom is 0.303 e. The maximum atomic E-state index is 12.5. The fraction of sp³-hybridized carbons (Fsp3) is 0.562. The van der Waals surface area contributed by atoms with E-state index in [1.54, 1.807) is 25.1 Å². The van der Waals surface area contributed by atoms with E-state index in [-0.39, 0.29) is 23.3 Å². The molecule has 2 atom stereocenters. The number of carboxylic acids is 1. The lowest BCUT2D eigenvalue weighted by molar-refractivity contribution is -0.138. The van der Waals surface area contributed by atoms with Gasteiger partial charge in [-0.3, -0.25) is 4.79 Å². The third kappa shape index (κ3) is 4.68. The lowest BCUT2D eigenvalue weighted by Crippen LogP contribution is -2.33. The fourth-order valence-corrected chi connectivity index (χ4v) is 4.59. The van der Waals surface area contributed by atoms with Gasteiger partial charge in [0.25, 0.3) is 0 Å². The van der Waals surface area contributed by atoms with Crippen LogP contribution < -0.4 is 9.46 Å². The summed E-state index contributed by atoms with van der Waals surface area (Å²) in [5, 5.41) is 8.83. The molecule has 0 unspecified atom stereocenters. The lowest BCUT2D eigenvalue weighted by atomic mass is 10.0. The van der Waals surface area contributed by atoms with Crippen LogP contribution in [0, 0.1) is 12.8 Å². The Morgan fingerprint density at radius 3 is 2.74 bits per heavy atom. The molecular weight excluding hydrogens is 318 g/mol. The van der Waals surface area contributed by atoms with E-state index >= 15 is 0 Å². The summed E-state index contributed by atoms with van der Waals surface area (Å²) in [4.78, 5) is 11.0. The van der Waals surface area contributed by atoms with Crippen molar-refractivity contribution in [3.8, 4) is 5.75 Å². The second-order valence-electron chi connectivity index (χ2n) is 5.96. The zero-order valence-electron chi connectivity index (χ0n) is 13.4. The molecule has 128 valence electrons. The van der Waals surface area contributed by atoms with E-state index in [1.807, 2.05) is 6.92 Å². The SMILES string of the molecule is CCOc1ccc(S(=O)(=O)N[C@H]2CC[C@@H](CC(=O)O)C2)c(C)c1. The predicted octanol–water partition coefficient (Wildman–Crippen LogP) is 2.32. The Labute approximate surface area is 136 Å². The number of carbonyl (C=O) groups is 1. The number of aliphatic carboxylic acids is 1. The van der Waals surface area contributed by atoms with Gasteiger partial charge in [-0.05, 0) is 62.8 Å². The van der Waals surface area contributed by atoms with Crippen LogP contribution in [0.25, 0.3) is 0 Å². The molecule has 1 aromatic rings. The quantitative estimate of drug-likeness (QED) is 0.794. The van der Waals surface area contributed by atoms with Crippen molar-refractivity contribution < 1.29 is 23.1 Å². The van der Waals surface area contributed by atoms with Gasteiger partial charge in [0, 0.05) is 12.5 Å². The van der Waals surface area contributed by atoms with Crippen LogP contribution in [-0.2, 0) is 14.8 Å². The van der Waals surface area contributed by atoms with Gasteiger partial charge in [0.2, 0.25) is 10.0 Å². The van der Waals surface area contributed by atoms with Crippen LogP contribution >= 0.6 is 0 Å². The molecule has 2 rings (SSSR count). The number of hydrogen-bond acceptors (Lipinski definition) is 4. The first-order valence-corrected chi connectivity index (χ1v) is 9.27. The molecule has 0 bridgehead atoms. The van der Waals surface area contributed by atoms with Crippen LogP contribution in [-0.4, -0.2) is 32.1 Å². The molecule has 1 fully saturated rings. The Hall–Kier alpha value is -1.60. The van der Waals surface area contributed by atoms with E-state index in [0.29, 0.717) is 30.8 Å². The number of sulfonamides is 1. The molecule has 0 saturated heterocycles. The molecule has 0 aliphatic heterocycles. The van der Waals surface area contributed by atoms with Gasteiger partial charge in [0.15, 0.2) is 0 Å². The van der Waals surface area contributed by atoms with Crippen molar-refractivity contribution >= 4 is 16.0 Å². The molecule has 1 aliphatic rings. The molecule has 1 aromatic carbocycles. The summed E-state index contributed by atoms with van der Waals surface area (Å²) in [6.45, 7) is 4.13. The fourth-order valence-electron chi connectivity index (χ4n) is 3.08. The molecule has 1 aliphatic carbocycles. The first kappa shape index (κ1) is 17.7. The van der Waals surface area contributed by atoms with Crippen molar-refractivity contribution in [3.63, 3.8) is 0 Å². The highest BCUT2D eigenvalue weighted by molar-refractivity contribution is 7.89. The van der Waals surface area contributed by atoms with Gasteiger partial charge in [-0.2, -0.15) is 0 Å². The van der Waals surface area contributed by atoms with Crippen molar-refractivity contribution in [1.82, 2.24) is 4.72 Å². The van der Waals surface area contributed by atoms with Gasteiger partial charge in [0.1, 0.15) is 5.75 Å². The highest BCUT2D eigenvalue weighted by atomic mass is 32.2. The Kier molecular flexibility index (Phi) is 5.64. The molecule has 0 amide bonds. The molecule has 7 heteroatoms. The standard InChI is InChI=1S/C16H23NO5S/c1-3-22-14-6-7-15(11(2)8-14)23(20,21)17-13-5-4-12(9-13)10-16(18)19/h6-8,12-13,17H,3-5,9-10H2,1-2H3,(H,18,19)/t12-,13+/m1/s1. The van der Waals surface area contributed by atoms with Crippen LogP contribution in [0.15, 0.2) is 23.1 Å². The summed E-state index contributed by atoms with van der Waals surface area (Å²) in [5.41, 5.74) is 0.628. The van der Waals surface area contributed by atoms with Gasteiger partial charge >= 0.3 is 5.97 Å². The topological polar surface area (TPSA) is 92.7 Å². The second kappa shape index (κ2) is 7.31. The second-order valence-corrected chi connectivity index (χ2v) is 7.64. The van der Waals surface area contributed by atoms with Crippen molar-refractivity contribution in [2.75, 3.05) is 6.61 Å². The predicted molar refractivity (Wildman–Crippen MR) is 86.1 cm³/mol. The van der Waals surface area contributed by atoms with Crippen LogP contribution in [0.5, 0.6) is 5.75 Å². The minimum Gasteiger partial charge on any atom is -0.494 e. The third-order valence-electron chi connectivity index (χ3n) is 4.07. The van der Waals surface area contributed by atoms with Gasteiger partial charge < -0.3 is 9.84 Å². The molecule has 0 spiro atoms. The first-order chi connectivity index (χ1) is 10.8. The number of rotatable bonds is 7. The Balaban J connectivity index is 2.06. The average molecular weight is 341 g/mol. The highest BCUT2D eigenvalue weighted by Crippen LogP contribution is 2.30. The number of carboxylic acid groups (broad SMARTS) is 1. The smallest absolute Gasteiger partial charge is 0.303 e. The van der Waals surface area contributed by atoms with E-state index in [0.717, 1.165) is 6.42 Å². The molecule has 0 heterocycles. The van der Waals surface area contributed by atoms with Crippen LogP contribution in [0.4, 0.5) is 0 Å². The van der Waals surface area contributed by atoms with Crippen molar-refractivity contribution in [2.45, 2.75) is 50.5 Å². The van der Waals surface area contributed by atoms with Crippen molar-refractivity contribution in [3.05, 3.63) is 23.8 Å². The number of aryl methyl sites for hydroxylation is 1. The van der Waals surface area contributed by atoms with E-state index < -0.39 is 16.0 Å². The van der Waals surface area contributed by atoms with Gasteiger partial charge in [-0.1, -0.05) is 0 Å². The monoisotopic (exact) mass is 341 g/mol. The van der Waals surface area contributed by atoms with Gasteiger partial charge in [-0.25, -0.2) is 13.1 Å². The zero-order valence-corrected chi connectivity index (χ0v) is 14.2. The number of hydrogen-bond donors (Lipinski definition) is 2. The molecule has 0 radical (unpaired) electrons. The Morgan fingerprint density at radius 1 is 1.39 bits per heavy atom. The number of ether oxygens (including phenoxy) is 1. The van der Waals surface area contributed by atoms with Crippen molar-refractivity contribution in [2.24, 2.45) is 5.92 Å². The third-order valence-corrected chi connectivity index (χ3v) is 5.75. The number of benzene rings is 1. The van der Waals surface area contributed by atoms with E-state index in [2.05, 4.69) is 4.72 Å². The van der Waals surface area contributed by atoms with Crippen LogP contribution in [0.1, 0.15) is 38.2 Å². The summed E-state index contributed by atoms with van der Waals surface area (Å²) in [7, 11) is -3.61. The molecular formula is C16H23NO5S. The maximum absolute atomic E-state index is 12.5. The van der Waals surface area contributed by atoms with E-state index in [9.17, 15) is 13.2 Å². The van der Waals surface area contributed by atoms with E-state index in [1.165, 1.54) is 0 Å². The minimum atomic E-state index is -3.61. The van der Waals surface area contributed by atoms with Gasteiger partial charge in [0.05, 0.1) is 11.5 Å². The van der Waals surface area contributed by atoms with Crippen LogP contribution in [0.2, 0.25) is 0 Å². The summed E-state index contributed by atoms with van der Waals surface area (Å²) < 4.78 is 33.2. The summed E-state index contributed by atoms with van der Waals surface area (Å²) in [6.07, 6.45) is 2.08. The summed E-state index contributed by atoms with van der Waals surface area (Å²) in [5.74, 6) is -0.145. The minimum absolute atomic E-state index is 0.0432. The Morgan fingerprint density at radius 2 is 2.13 bits per heavy atom. The molecule has 2 N–H and O–H groups in total. The van der Waals surface area contributed by atoms with E-state index in [4.69, 9.17) is 9.84 Å². The largest absolute Gasteiger partial charge is 0.494 e.